The van der Waals surface area contributed by atoms with E-state index in [0.717, 1.165) is 5.57 Å². The van der Waals surface area contributed by atoms with Crippen LogP contribution in [0.1, 0.15) is 20.8 Å². The quantitative estimate of drug-likeness (QED) is 0.394. The number of methoxy groups -OCH3 is 1. The summed E-state index contributed by atoms with van der Waals surface area (Å²) in [7, 11) is 5.03. The van der Waals surface area contributed by atoms with E-state index in [1.807, 2.05) is 20.8 Å². The number of fused-ring (bicyclic) bond motifs is 1. The maximum atomic E-state index is 13.6. The van der Waals surface area contributed by atoms with E-state index in [4.69, 9.17) is 4.74 Å². The molecule has 2 aromatic heterocycles. The molecule has 0 aromatic carbocycles. The molecule has 1 amide bonds. The van der Waals surface area contributed by atoms with Gasteiger partial charge in [0.25, 0.3) is 5.91 Å². The third-order valence-electron chi connectivity index (χ3n) is 4.97. The Hall–Kier alpha value is -1.97. The van der Waals surface area contributed by atoms with Gasteiger partial charge in [0.2, 0.25) is 10.3 Å². The number of thioether (sulfide) groups is 3. The Morgan fingerprint density at radius 2 is 1.75 bits per heavy atom. The fourth-order valence-electron chi connectivity index (χ4n) is 3.25. The summed E-state index contributed by atoms with van der Waals surface area (Å²) in [4.78, 5) is 28.1. The summed E-state index contributed by atoms with van der Waals surface area (Å²) in [6.45, 7) is 5.55. The lowest BCUT2D eigenvalue weighted by Crippen LogP contribution is -2.66. The van der Waals surface area contributed by atoms with Gasteiger partial charge in [-0.05, 0) is 26.4 Å². The number of rotatable bonds is 7. The fourth-order valence-corrected chi connectivity index (χ4v) is 7.30. The highest BCUT2D eigenvalue weighted by Crippen LogP contribution is 2.51. The summed E-state index contributed by atoms with van der Waals surface area (Å²) in [5.74, 6) is 0.124. The van der Waals surface area contributed by atoms with Gasteiger partial charge in [-0.1, -0.05) is 44.3 Å². The minimum atomic E-state index is -0.676. The number of carbonyl (C=O) groups excluding carboxylic acids is 2. The number of Topliss-reactive ketones (excluding diaryl/α,β-unsaturated/α-hetero) is 1. The van der Waals surface area contributed by atoms with Crippen LogP contribution in [0, 0.1) is 5.41 Å². The number of aromatic nitrogens is 8. The second kappa shape index (κ2) is 8.76. The number of aryl methyl sites for hydroxylation is 2. The smallest absolute Gasteiger partial charge is 0.260 e. The Morgan fingerprint density at radius 1 is 1.12 bits per heavy atom. The topological polar surface area (TPSA) is 134 Å². The highest BCUT2D eigenvalue weighted by molar-refractivity contribution is 8.17. The minimum Gasteiger partial charge on any atom is -0.368 e. The molecule has 12 nitrogen and oxygen atoms in total. The van der Waals surface area contributed by atoms with E-state index in [1.165, 1.54) is 30.6 Å². The van der Waals surface area contributed by atoms with Gasteiger partial charge in [0.1, 0.15) is 5.37 Å². The maximum absolute atomic E-state index is 13.6. The Balaban J connectivity index is 1.78. The average molecular weight is 498 g/mol. The summed E-state index contributed by atoms with van der Waals surface area (Å²) in [5.41, 5.74) is 0.564. The van der Waals surface area contributed by atoms with E-state index in [1.54, 1.807) is 40.1 Å². The molecule has 0 radical (unpaired) electrons. The summed E-state index contributed by atoms with van der Waals surface area (Å²) in [5, 5.41) is 24.2. The van der Waals surface area contributed by atoms with Crippen molar-refractivity contribution in [3.8, 4) is 0 Å². The van der Waals surface area contributed by atoms with Crippen LogP contribution in [0.15, 0.2) is 21.6 Å². The van der Waals surface area contributed by atoms with E-state index in [-0.39, 0.29) is 21.6 Å². The van der Waals surface area contributed by atoms with E-state index < -0.39 is 11.5 Å². The first-order valence-corrected chi connectivity index (χ1v) is 12.5. The number of β-lactam (4-membered cyclic amide) rings is 1. The zero-order valence-corrected chi connectivity index (χ0v) is 20.9. The number of carbonyl (C=O) groups is 2. The number of ketones is 1. The van der Waals surface area contributed by atoms with Gasteiger partial charge in [-0.15, -0.1) is 22.0 Å². The van der Waals surface area contributed by atoms with Crippen molar-refractivity contribution < 1.29 is 14.3 Å². The Bertz CT molecular complexity index is 1080. The molecular formula is C17H23N9O3S3. The van der Waals surface area contributed by atoms with E-state index in [9.17, 15) is 9.59 Å². The lowest BCUT2D eigenvalue weighted by molar-refractivity contribution is -0.160. The number of tetrazole rings is 2. The third kappa shape index (κ3) is 4.06. The van der Waals surface area contributed by atoms with Crippen LogP contribution in [-0.2, 0) is 28.4 Å². The summed E-state index contributed by atoms with van der Waals surface area (Å²) < 4.78 is 8.37. The minimum absolute atomic E-state index is 0.0981. The summed E-state index contributed by atoms with van der Waals surface area (Å²) in [6, 6.07) is 0. The van der Waals surface area contributed by atoms with Gasteiger partial charge in [-0.3, -0.25) is 14.5 Å². The van der Waals surface area contributed by atoms with E-state index in [2.05, 4.69) is 31.1 Å². The van der Waals surface area contributed by atoms with Crippen molar-refractivity contribution in [1.29, 1.82) is 0 Å². The monoisotopic (exact) mass is 497 g/mol. The van der Waals surface area contributed by atoms with Crippen molar-refractivity contribution in [2.75, 3.05) is 12.9 Å². The van der Waals surface area contributed by atoms with Crippen molar-refractivity contribution in [3.63, 3.8) is 0 Å². The fraction of sp³-hybridized carbons (Fsp3) is 0.647. The molecule has 2 aliphatic rings. The molecule has 1 saturated heterocycles. The zero-order valence-electron chi connectivity index (χ0n) is 18.4. The van der Waals surface area contributed by atoms with Crippen molar-refractivity contribution in [2.45, 2.75) is 47.1 Å². The zero-order chi connectivity index (χ0) is 23.2. The van der Waals surface area contributed by atoms with Gasteiger partial charge in [-0.2, -0.15) is 0 Å². The molecule has 3 atom stereocenters. The molecule has 0 spiro atoms. The van der Waals surface area contributed by atoms with Crippen LogP contribution in [0.25, 0.3) is 0 Å². The second-order valence-electron chi connectivity index (χ2n) is 8.25. The van der Waals surface area contributed by atoms with E-state index >= 15 is 0 Å². The molecule has 2 aromatic rings. The molecule has 32 heavy (non-hydrogen) atoms. The molecular weight excluding hydrogens is 474 g/mol. The van der Waals surface area contributed by atoms with Gasteiger partial charge in [0, 0.05) is 32.4 Å². The first-order chi connectivity index (χ1) is 15.1. The molecule has 1 unspecified atom stereocenters. The highest BCUT2D eigenvalue weighted by atomic mass is 32.2. The molecule has 4 rings (SSSR count). The molecule has 0 saturated carbocycles. The number of amides is 1. The predicted octanol–water partition coefficient (Wildman–Crippen LogP) is 0.743. The molecule has 1 fully saturated rings. The van der Waals surface area contributed by atoms with Crippen LogP contribution >= 0.6 is 35.3 Å². The predicted molar refractivity (Wildman–Crippen MR) is 118 cm³/mol. The molecule has 15 heteroatoms. The van der Waals surface area contributed by atoms with Gasteiger partial charge in [0.05, 0.1) is 10.3 Å². The molecule has 0 aliphatic carbocycles. The van der Waals surface area contributed by atoms with Gasteiger partial charge >= 0.3 is 0 Å². The second-order valence-corrected chi connectivity index (χ2v) is 11.8. The van der Waals surface area contributed by atoms with Gasteiger partial charge in [-0.25, -0.2) is 9.36 Å². The van der Waals surface area contributed by atoms with Gasteiger partial charge in [0.15, 0.2) is 11.9 Å². The number of ether oxygens (including phenoxy) is 1. The van der Waals surface area contributed by atoms with Crippen molar-refractivity contribution >= 4 is 47.0 Å². The Labute approximate surface area is 197 Å². The van der Waals surface area contributed by atoms with Crippen molar-refractivity contribution in [2.24, 2.45) is 19.5 Å². The SMILES string of the molecule is CO[C@H]1C(=O)N2C(C(=O)C(C)(C)C)=C(CSc3nnnn3C)C(Sc3nnnn3C)S[C@@H]12. The van der Waals surface area contributed by atoms with Crippen molar-refractivity contribution in [1.82, 2.24) is 45.3 Å². The van der Waals surface area contributed by atoms with Crippen LogP contribution in [-0.4, -0.2) is 85.9 Å². The molecule has 0 N–H and O–H groups in total. The van der Waals surface area contributed by atoms with Crippen molar-refractivity contribution in [3.05, 3.63) is 11.3 Å². The average Bonchev–Trinajstić information content (AvgIpc) is 3.33. The van der Waals surface area contributed by atoms with Crippen LogP contribution in [0.2, 0.25) is 0 Å². The Morgan fingerprint density at radius 3 is 2.28 bits per heavy atom. The number of hydrogen-bond acceptors (Lipinski definition) is 12. The lowest BCUT2D eigenvalue weighted by Gasteiger charge is -2.51. The number of hydrogen-bond donors (Lipinski definition) is 0. The van der Waals surface area contributed by atoms with Crippen LogP contribution < -0.4 is 0 Å². The first-order valence-electron chi connectivity index (χ1n) is 9.66. The van der Waals surface area contributed by atoms with Crippen LogP contribution in [0.5, 0.6) is 0 Å². The first kappa shape index (κ1) is 23.2. The van der Waals surface area contributed by atoms with Crippen LogP contribution in [0.3, 0.4) is 0 Å². The number of allylic oxidation sites excluding steroid dienone is 1. The molecule has 172 valence electrons. The summed E-state index contributed by atoms with van der Waals surface area (Å²) in [6.07, 6.45) is -0.597. The molecule has 2 aliphatic heterocycles. The normalized spacial score (nSPS) is 23.4. The Kier molecular flexibility index (Phi) is 6.35. The maximum Gasteiger partial charge on any atom is 0.260 e. The summed E-state index contributed by atoms with van der Waals surface area (Å²) >= 11 is 4.42. The standard InChI is InChI=1S/C17H23N9O3S3/c1-17(2,3)11(27)9-8(7-30-15-18-20-22-24(15)4)14(32-16-19-21-23-25(16)5)31-13-10(29-6)12(28)26(9)13/h10,13-14H,7H2,1-6H3/t10-,13-,14?/m0/s1. The number of nitrogens with zero attached hydrogens (tertiary/aromatic N) is 9. The highest BCUT2D eigenvalue weighted by Gasteiger charge is 2.57. The van der Waals surface area contributed by atoms with Crippen LogP contribution in [0.4, 0.5) is 0 Å². The lowest BCUT2D eigenvalue weighted by atomic mass is 9.86. The molecule has 4 heterocycles. The largest absolute Gasteiger partial charge is 0.368 e. The van der Waals surface area contributed by atoms with E-state index in [0.29, 0.717) is 21.8 Å². The molecule has 0 bridgehead atoms. The third-order valence-corrected chi connectivity index (χ3v) is 8.97. The van der Waals surface area contributed by atoms with Gasteiger partial charge < -0.3 is 4.74 Å².